The van der Waals surface area contributed by atoms with Crippen LogP contribution in [0, 0.1) is 11.3 Å². The minimum atomic E-state index is -4.70. The van der Waals surface area contributed by atoms with Gasteiger partial charge < -0.3 is 10.1 Å². The Morgan fingerprint density at radius 1 is 1.39 bits per heavy atom. The molecule has 98 valence electrons. The fourth-order valence-corrected chi connectivity index (χ4v) is 1.68. The van der Waals surface area contributed by atoms with Crippen molar-refractivity contribution in [3.05, 3.63) is 22.7 Å². The van der Waals surface area contributed by atoms with E-state index in [0.717, 1.165) is 0 Å². The maximum absolute atomic E-state index is 12.0. The van der Waals surface area contributed by atoms with Crippen molar-refractivity contribution >= 4 is 21.6 Å². The molecule has 0 atom stereocenters. The first-order valence-corrected chi connectivity index (χ1v) is 5.88. The molecule has 0 aromatic heterocycles. The van der Waals surface area contributed by atoms with Gasteiger partial charge in [0.2, 0.25) is 0 Å². The van der Waals surface area contributed by atoms with Gasteiger partial charge in [0, 0.05) is 18.7 Å². The van der Waals surface area contributed by atoms with Gasteiger partial charge in [-0.25, -0.2) is 0 Å². The average Bonchev–Trinajstić information content (AvgIpc) is 2.26. The van der Waals surface area contributed by atoms with E-state index in [2.05, 4.69) is 26.0 Å². The van der Waals surface area contributed by atoms with Gasteiger partial charge in [-0.2, -0.15) is 5.26 Å². The molecule has 0 aliphatic heterocycles. The van der Waals surface area contributed by atoms with E-state index in [1.54, 1.807) is 0 Å². The summed E-state index contributed by atoms with van der Waals surface area (Å²) < 4.78 is 40.1. The molecule has 0 aliphatic carbocycles. The van der Waals surface area contributed by atoms with Gasteiger partial charge in [-0.3, -0.25) is 0 Å². The lowest BCUT2D eigenvalue weighted by Gasteiger charge is -2.12. The lowest BCUT2D eigenvalue weighted by molar-refractivity contribution is -0.274. The van der Waals surface area contributed by atoms with Crippen molar-refractivity contribution in [3.8, 4) is 11.8 Å². The van der Waals surface area contributed by atoms with Crippen LogP contribution in [0.4, 0.5) is 18.9 Å². The van der Waals surface area contributed by atoms with E-state index in [9.17, 15) is 13.2 Å². The molecule has 7 heteroatoms. The molecular weight excluding hydrogens is 313 g/mol. The fourth-order valence-electron chi connectivity index (χ4n) is 1.22. The zero-order chi connectivity index (χ0) is 13.6. The van der Waals surface area contributed by atoms with E-state index in [4.69, 9.17) is 5.26 Å². The van der Waals surface area contributed by atoms with Gasteiger partial charge in [0.25, 0.3) is 0 Å². The molecule has 18 heavy (non-hydrogen) atoms. The molecule has 0 bridgehead atoms. The van der Waals surface area contributed by atoms with Gasteiger partial charge in [0.1, 0.15) is 5.75 Å². The minimum Gasteiger partial charge on any atom is -0.405 e. The molecule has 0 fully saturated rings. The fraction of sp³-hybridized carbons (Fsp3) is 0.364. The Bertz CT molecular complexity index is 443. The number of nitrogens with one attached hydrogen (secondary N) is 1. The van der Waals surface area contributed by atoms with Crippen molar-refractivity contribution in [1.29, 1.82) is 5.26 Å². The van der Waals surface area contributed by atoms with Crippen molar-refractivity contribution < 1.29 is 17.9 Å². The molecule has 0 unspecified atom stereocenters. The number of anilines is 1. The zero-order valence-electron chi connectivity index (χ0n) is 9.22. The number of halogens is 4. The summed E-state index contributed by atoms with van der Waals surface area (Å²) in [5, 5.41) is 11.3. The summed E-state index contributed by atoms with van der Waals surface area (Å²) in [7, 11) is 0. The van der Waals surface area contributed by atoms with Gasteiger partial charge in [0.15, 0.2) is 0 Å². The van der Waals surface area contributed by atoms with Crippen LogP contribution in [-0.4, -0.2) is 12.9 Å². The highest BCUT2D eigenvalue weighted by atomic mass is 79.9. The van der Waals surface area contributed by atoms with Crippen LogP contribution in [0.3, 0.4) is 0 Å². The Kier molecular flexibility index (Phi) is 5.28. The second kappa shape index (κ2) is 6.50. The van der Waals surface area contributed by atoms with Gasteiger partial charge in [0.05, 0.1) is 10.5 Å². The number of alkyl halides is 3. The highest BCUT2D eigenvalue weighted by Crippen LogP contribution is 2.32. The summed E-state index contributed by atoms with van der Waals surface area (Å²) in [5.74, 6) is -0.287. The molecule has 1 aromatic rings. The average molecular weight is 323 g/mol. The Labute approximate surface area is 111 Å². The topological polar surface area (TPSA) is 45.0 Å². The second-order valence-electron chi connectivity index (χ2n) is 3.38. The van der Waals surface area contributed by atoms with Gasteiger partial charge in [-0.15, -0.1) is 13.2 Å². The van der Waals surface area contributed by atoms with Crippen LogP contribution in [0.1, 0.15) is 12.8 Å². The molecule has 0 aliphatic rings. The SMILES string of the molecule is N#CCCCNc1ccc(OC(F)(F)F)c(Br)c1. The van der Waals surface area contributed by atoms with E-state index in [1.807, 2.05) is 6.07 Å². The quantitative estimate of drug-likeness (QED) is 0.831. The predicted molar refractivity (Wildman–Crippen MR) is 64.2 cm³/mol. The zero-order valence-corrected chi connectivity index (χ0v) is 10.8. The Morgan fingerprint density at radius 2 is 2.11 bits per heavy atom. The lowest BCUT2D eigenvalue weighted by atomic mass is 10.3. The number of nitrogens with zero attached hydrogens (tertiary/aromatic N) is 1. The first-order chi connectivity index (χ1) is 8.42. The molecular formula is C11H10BrF3N2O. The van der Waals surface area contributed by atoms with Crippen LogP contribution >= 0.6 is 15.9 Å². The maximum atomic E-state index is 12.0. The summed E-state index contributed by atoms with van der Waals surface area (Å²) >= 11 is 3.01. The number of hydrogen-bond acceptors (Lipinski definition) is 3. The van der Waals surface area contributed by atoms with Crippen LogP contribution in [0.5, 0.6) is 5.75 Å². The number of benzene rings is 1. The molecule has 0 heterocycles. The smallest absolute Gasteiger partial charge is 0.405 e. The number of unbranched alkanes of at least 4 members (excludes halogenated alkanes) is 1. The predicted octanol–water partition coefficient (Wildman–Crippen LogP) is 4.06. The molecule has 0 saturated heterocycles. The Balaban J connectivity index is 2.60. The van der Waals surface area contributed by atoms with Crippen molar-refractivity contribution in [1.82, 2.24) is 0 Å². The first kappa shape index (κ1) is 14.6. The van der Waals surface area contributed by atoms with Crippen molar-refractivity contribution in [2.45, 2.75) is 19.2 Å². The van der Waals surface area contributed by atoms with Crippen molar-refractivity contribution in [2.24, 2.45) is 0 Å². The number of hydrogen-bond donors (Lipinski definition) is 1. The second-order valence-corrected chi connectivity index (χ2v) is 4.24. The largest absolute Gasteiger partial charge is 0.573 e. The molecule has 1 N–H and O–H groups in total. The van der Waals surface area contributed by atoms with Crippen LogP contribution in [0.2, 0.25) is 0 Å². The van der Waals surface area contributed by atoms with Gasteiger partial charge in [-0.05, 0) is 40.5 Å². The Hall–Kier alpha value is -1.42. The van der Waals surface area contributed by atoms with Crippen molar-refractivity contribution in [2.75, 3.05) is 11.9 Å². The van der Waals surface area contributed by atoms with Gasteiger partial charge in [-0.1, -0.05) is 0 Å². The number of ether oxygens (including phenoxy) is 1. The summed E-state index contributed by atoms with van der Waals surface area (Å²) in [6, 6.07) is 6.21. The summed E-state index contributed by atoms with van der Waals surface area (Å²) in [6.45, 7) is 0.583. The monoisotopic (exact) mass is 322 g/mol. The highest BCUT2D eigenvalue weighted by molar-refractivity contribution is 9.10. The molecule has 3 nitrogen and oxygen atoms in total. The van der Waals surface area contributed by atoms with E-state index >= 15 is 0 Å². The van der Waals surface area contributed by atoms with E-state index in [0.29, 0.717) is 25.1 Å². The van der Waals surface area contributed by atoms with Crippen LogP contribution in [0.15, 0.2) is 22.7 Å². The number of rotatable bonds is 5. The van der Waals surface area contributed by atoms with E-state index in [1.165, 1.54) is 18.2 Å². The van der Waals surface area contributed by atoms with Crippen molar-refractivity contribution in [3.63, 3.8) is 0 Å². The third kappa shape index (κ3) is 5.27. The summed E-state index contributed by atoms with van der Waals surface area (Å²) in [5.41, 5.74) is 0.661. The molecule has 0 saturated carbocycles. The summed E-state index contributed by atoms with van der Waals surface area (Å²) in [4.78, 5) is 0. The summed E-state index contributed by atoms with van der Waals surface area (Å²) in [6.07, 6.45) is -3.59. The van der Waals surface area contributed by atoms with Gasteiger partial charge >= 0.3 is 6.36 Å². The van der Waals surface area contributed by atoms with Crippen LogP contribution in [0.25, 0.3) is 0 Å². The van der Waals surface area contributed by atoms with Crippen LogP contribution in [-0.2, 0) is 0 Å². The molecule has 0 radical (unpaired) electrons. The molecule has 1 aromatic carbocycles. The van der Waals surface area contributed by atoms with E-state index in [-0.39, 0.29) is 10.2 Å². The third-order valence-electron chi connectivity index (χ3n) is 1.95. The first-order valence-electron chi connectivity index (χ1n) is 5.08. The highest BCUT2D eigenvalue weighted by Gasteiger charge is 2.31. The minimum absolute atomic E-state index is 0.213. The molecule has 0 spiro atoms. The van der Waals surface area contributed by atoms with Crippen LogP contribution < -0.4 is 10.1 Å². The lowest BCUT2D eigenvalue weighted by Crippen LogP contribution is -2.17. The van der Waals surface area contributed by atoms with E-state index < -0.39 is 6.36 Å². The Morgan fingerprint density at radius 3 is 2.67 bits per heavy atom. The maximum Gasteiger partial charge on any atom is 0.573 e. The molecule has 0 amide bonds. The third-order valence-corrected chi connectivity index (χ3v) is 2.57. The molecule has 1 rings (SSSR count). The normalized spacial score (nSPS) is 10.8. The number of nitriles is 1. The standard InChI is InChI=1S/C11H10BrF3N2O/c12-9-7-8(17-6-2-1-5-16)3-4-10(9)18-11(13,14)15/h3-4,7,17H,1-2,6H2.